The average Bonchev–Trinajstić information content (AvgIpc) is 2.29. The molecule has 0 saturated carbocycles. The second-order valence-electron chi connectivity index (χ2n) is 3.73. The molecule has 0 N–H and O–H groups in total. The molecule has 15 heavy (non-hydrogen) atoms. The minimum atomic E-state index is 0.590. The van der Waals surface area contributed by atoms with Gasteiger partial charge in [-0.2, -0.15) is 0 Å². The van der Waals surface area contributed by atoms with E-state index >= 15 is 0 Å². The molecule has 0 nitrogen and oxygen atoms in total. The molecule has 2 aromatic carbocycles. The van der Waals surface area contributed by atoms with E-state index in [9.17, 15) is 0 Å². The quantitative estimate of drug-likeness (QED) is 0.650. The first-order valence-corrected chi connectivity index (χ1v) is 5.55. The van der Waals surface area contributed by atoms with Crippen LogP contribution in [0.1, 0.15) is 12.5 Å². The van der Waals surface area contributed by atoms with Gasteiger partial charge in [0.15, 0.2) is 0 Å². The predicted molar refractivity (Wildman–Crippen MR) is 68.3 cm³/mol. The van der Waals surface area contributed by atoms with Crippen LogP contribution in [0.4, 0.5) is 0 Å². The molecule has 0 aliphatic rings. The molecule has 76 valence electrons. The molecule has 0 aliphatic carbocycles. The summed E-state index contributed by atoms with van der Waals surface area (Å²) in [6.07, 6.45) is 2.12. The van der Waals surface area contributed by atoms with E-state index in [1.165, 1.54) is 21.9 Å². The van der Waals surface area contributed by atoms with E-state index in [-0.39, 0.29) is 0 Å². The van der Waals surface area contributed by atoms with Crippen molar-refractivity contribution in [3.63, 3.8) is 0 Å². The monoisotopic (exact) mass is 216 g/mol. The van der Waals surface area contributed by atoms with Crippen LogP contribution >= 0.6 is 11.6 Å². The smallest absolute Gasteiger partial charge is 0.0434 e. The Bertz CT molecular complexity index is 497. The zero-order valence-electron chi connectivity index (χ0n) is 8.70. The maximum Gasteiger partial charge on any atom is 0.0434 e. The summed E-state index contributed by atoms with van der Waals surface area (Å²) in [4.78, 5) is 0. The van der Waals surface area contributed by atoms with Crippen LogP contribution in [0, 0.1) is 0 Å². The summed E-state index contributed by atoms with van der Waals surface area (Å²) in [5, 5.41) is 2.55. The van der Waals surface area contributed by atoms with Crippen LogP contribution in [0.25, 0.3) is 16.8 Å². The lowest BCUT2D eigenvalue weighted by molar-refractivity contribution is 1.43. The molecule has 0 spiro atoms. The highest BCUT2D eigenvalue weighted by Crippen LogP contribution is 2.17. The zero-order valence-corrected chi connectivity index (χ0v) is 9.46. The Hall–Kier alpha value is -1.27. The molecule has 0 unspecified atom stereocenters. The summed E-state index contributed by atoms with van der Waals surface area (Å²) in [7, 11) is 0. The Morgan fingerprint density at radius 3 is 2.60 bits per heavy atom. The van der Waals surface area contributed by atoms with Crippen molar-refractivity contribution in [3.8, 4) is 0 Å². The Balaban J connectivity index is 2.47. The van der Waals surface area contributed by atoms with Crippen LogP contribution < -0.4 is 0 Å². The van der Waals surface area contributed by atoms with E-state index in [0.717, 1.165) is 0 Å². The van der Waals surface area contributed by atoms with Crippen LogP contribution in [0.5, 0.6) is 0 Å². The number of allylic oxidation sites excluding steroid dienone is 1. The van der Waals surface area contributed by atoms with E-state index in [0.29, 0.717) is 5.88 Å². The van der Waals surface area contributed by atoms with Gasteiger partial charge in [-0.1, -0.05) is 48.0 Å². The Labute approximate surface area is 95.2 Å². The van der Waals surface area contributed by atoms with Gasteiger partial charge < -0.3 is 0 Å². The second kappa shape index (κ2) is 4.50. The maximum absolute atomic E-state index is 5.75. The molecule has 2 aromatic rings. The molecule has 2 rings (SSSR count). The van der Waals surface area contributed by atoms with Crippen LogP contribution in [-0.2, 0) is 0 Å². The zero-order chi connectivity index (χ0) is 10.7. The van der Waals surface area contributed by atoms with Crippen LogP contribution in [0.2, 0.25) is 0 Å². The number of benzene rings is 2. The molecular formula is C14H13Cl. The molecular weight excluding hydrogens is 204 g/mol. The lowest BCUT2D eigenvalue weighted by Crippen LogP contribution is -1.79. The first-order valence-electron chi connectivity index (χ1n) is 5.01. The van der Waals surface area contributed by atoms with Crippen molar-refractivity contribution >= 4 is 28.4 Å². The third-order valence-electron chi connectivity index (χ3n) is 2.40. The van der Waals surface area contributed by atoms with Crippen LogP contribution in [0.3, 0.4) is 0 Å². The molecule has 0 fully saturated rings. The van der Waals surface area contributed by atoms with Crippen molar-refractivity contribution in [1.29, 1.82) is 0 Å². The van der Waals surface area contributed by atoms with Crippen molar-refractivity contribution < 1.29 is 0 Å². The highest BCUT2D eigenvalue weighted by atomic mass is 35.5. The summed E-state index contributed by atoms with van der Waals surface area (Å²) >= 11 is 5.75. The van der Waals surface area contributed by atoms with Gasteiger partial charge in [-0.25, -0.2) is 0 Å². The van der Waals surface area contributed by atoms with Crippen LogP contribution in [0.15, 0.2) is 48.0 Å². The number of hydrogen-bond donors (Lipinski definition) is 0. The molecule has 0 aliphatic heterocycles. The molecule has 0 heterocycles. The van der Waals surface area contributed by atoms with Crippen molar-refractivity contribution in [2.75, 3.05) is 5.88 Å². The third-order valence-corrected chi connectivity index (χ3v) is 2.82. The highest BCUT2D eigenvalue weighted by molar-refractivity contribution is 6.19. The molecule has 0 amide bonds. The number of rotatable bonds is 2. The molecule has 0 saturated heterocycles. The third kappa shape index (κ3) is 2.40. The lowest BCUT2D eigenvalue weighted by Gasteiger charge is -2.00. The van der Waals surface area contributed by atoms with E-state index in [1.807, 2.05) is 6.92 Å². The fourth-order valence-corrected chi connectivity index (χ4v) is 1.70. The topological polar surface area (TPSA) is 0 Å². The van der Waals surface area contributed by atoms with Gasteiger partial charge in [-0.05, 0) is 29.3 Å². The summed E-state index contributed by atoms with van der Waals surface area (Å²) < 4.78 is 0. The summed E-state index contributed by atoms with van der Waals surface area (Å²) in [6, 6.07) is 14.8. The maximum atomic E-state index is 5.75. The van der Waals surface area contributed by atoms with Gasteiger partial charge in [-0.15, -0.1) is 11.6 Å². The van der Waals surface area contributed by atoms with Crippen molar-refractivity contribution in [2.24, 2.45) is 0 Å². The van der Waals surface area contributed by atoms with Gasteiger partial charge >= 0.3 is 0 Å². The first kappa shape index (κ1) is 10.3. The van der Waals surface area contributed by atoms with Crippen LogP contribution in [-0.4, -0.2) is 5.88 Å². The van der Waals surface area contributed by atoms with Crippen molar-refractivity contribution in [1.82, 2.24) is 0 Å². The number of hydrogen-bond acceptors (Lipinski definition) is 0. The molecule has 0 radical (unpaired) electrons. The predicted octanol–water partition coefficient (Wildman–Crippen LogP) is 4.48. The fourth-order valence-electron chi connectivity index (χ4n) is 1.62. The average molecular weight is 217 g/mol. The van der Waals surface area contributed by atoms with Gasteiger partial charge in [0.1, 0.15) is 0 Å². The molecule has 1 heteroatoms. The molecule has 0 aromatic heterocycles. The van der Waals surface area contributed by atoms with E-state index < -0.39 is 0 Å². The first-order chi connectivity index (χ1) is 7.29. The van der Waals surface area contributed by atoms with Gasteiger partial charge in [-0.3, -0.25) is 0 Å². The minimum absolute atomic E-state index is 0.590. The summed E-state index contributed by atoms with van der Waals surface area (Å²) in [6.45, 7) is 2.04. The minimum Gasteiger partial charge on any atom is -0.122 e. The fraction of sp³-hybridized carbons (Fsp3) is 0.143. The normalized spacial score (nSPS) is 12.0. The van der Waals surface area contributed by atoms with Gasteiger partial charge in [0.2, 0.25) is 0 Å². The number of alkyl halides is 1. The largest absolute Gasteiger partial charge is 0.122 e. The van der Waals surface area contributed by atoms with E-state index in [2.05, 4.69) is 48.5 Å². The Kier molecular flexibility index (Phi) is 3.08. The van der Waals surface area contributed by atoms with E-state index in [4.69, 9.17) is 11.6 Å². The molecule has 0 atom stereocenters. The highest BCUT2D eigenvalue weighted by Gasteiger charge is 1.94. The lowest BCUT2D eigenvalue weighted by atomic mass is 10.1. The summed E-state index contributed by atoms with van der Waals surface area (Å²) in [5.41, 5.74) is 2.40. The number of halogens is 1. The van der Waals surface area contributed by atoms with Crippen molar-refractivity contribution in [2.45, 2.75) is 6.92 Å². The van der Waals surface area contributed by atoms with E-state index in [1.54, 1.807) is 0 Å². The van der Waals surface area contributed by atoms with Gasteiger partial charge in [0, 0.05) is 5.88 Å². The Morgan fingerprint density at radius 1 is 1.13 bits per heavy atom. The molecule has 0 bridgehead atoms. The van der Waals surface area contributed by atoms with Gasteiger partial charge in [0.25, 0.3) is 0 Å². The SMILES string of the molecule is CC(=Cc1ccc2ccccc2c1)CCl. The second-order valence-corrected chi connectivity index (χ2v) is 4.00. The van der Waals surface area contributed by atoms with Gasteiger partial charge in [0.05, 0.1) is 0 Å². The summed E-state index contributed by atoms with van der Waals surface area (Å²) in [5.74, 6) is 0.590. The standard InChI is InChI=1S/C14H13Cl/c1-11(10-15)8-12-6-7-13-4-2-3-5-14(13)9-12/h2-9H,10H2,1H3. The number of fused-ring (bicyclic) bond motifs is 1. The van der Waals surface area contributed by atoms with Crippen molar-refractivity contribution in [3.05, 3.63) is 53.6 Å². The Morgan fingerprint density at radius 2 is 1.87 bits per heavy atom.